The Morgan fingerprint density at radius 1 is 1.09 bits per heavy atom. The fourth-order valence-corrected chi connectivity index (χ4v) is 7.44. The molecule has 1 aromatic heterocycles. The molecule has 1 aliphatic heterocycles. The van der Waals surface area contributed by atoms with E-state index in [1.165, 1.54) is 24.7 Å². The summed E-state index contributed by atoms with van der Waals surface area (Å²) in [4.78, 5) is 31.4. The van der Waals surface area contributed by atoms with Gasteiger partial charge in [0.15, 0.2) is 5.13 Å². The monoisotopic (exact) mass is 537 g/mol. The third-order valence-corrected chi connectivity index (χ3v) is 9.91. The summed E-state index contributed by atoms with van der Waals surface area (Å²) in [6.45, 7) is 2.62. The number of thiazole rings is 1. The Morgan fingerprint density at radius 2 is 1.71 bits per heavy atom. The van der Waals surface area contributed by atoms with Crippen LogP contribution in [0.4, 0.5) is 15.6 Å². The highest BCUT2D eigenvalue weighted by Gasteiger charge is 2.35. The number of hydrogen-bond acceptors (Lipinski definition) is 5. The van der Waals surface area contributed by atoms with Crippen LogP contribution in [-0.2, 0) is 14.5 Å². The number of aromatic nitrogens is 1. The molecule has 1 unspecified atom stereocenters. The van der Waals surface area contributed by atoms with Gasteiger partial charge in [-0.3, -0.25) is 10.1 Å². The highest BCUT2D eigenvalue weighted by molar-refractivity contribution is 7.98. The van der Waals surface area contributed by atoms with Crippen molar-refractivity contribution in [1.82, 2.24) is 14.2 Å². The number of rotatable bonds is 6. The first-order chi connectivity index (χ1) is 16.7. The summed E-state index contributed by atoms with van der Waals surface area (Å²) >= 11 is 7.25. The second-order valence-electron chi connectivity index (χ2n) is 9.10. The molecule has 1 saturated carbocycles. The summed E-state index contributed by atoms with van der Waals surface area (Å²) < 4.78 is 16.1. The highest BCUT2D eigenvalue weighted by atomic mass is 35.5. The molecule has 0 bridgehead atoms. The van der Waals surface area contributed by atoms with Crippen LogP contribution in [0.1, 0.15) is 51.9 Å². The van der Waals surface area contributed by atoms with Gasteiger partial charge in [0.05, 0.1) is 15.9 Å². The molecule has 2 fully saturated rings. The van der Waals surface area contributed by atoms with Crippen molar-refractivity contribution in [2.75, 3.05) is 23.7 Å². The Morgan fingerprint density at radius 3 is 2.29 bits per heavy atom. The number of nitrogens with one attached hydrogen (secondary N) is 2. The molecule has 1 saturated heterocycles. The summed E-state index contributed by atoms with van der Waals surface area (Å²) in [5, 5.41) is 6.16. The van der Waals surface area contributed by atoms with Gasteiger partial charge in [-0.25, -0.2) is 18.3 Å². The molecule has 2 heterocycles. The molecule has 35 heavy (non-hydrogen) atoms. The van der Waals surface area contributed by atoms with Gasteiger partial charge in [-0.15, -0.1) is 0 Å². The van der Waals surface area contributed by atoms with Crippen LogP contribution in [0.15, 0.2) is 35.4 Å². The lowest BCUT2D eigenvalue weighted by Crippen LogP contribution is -2.54. The summed E-state index contributed by atoms with van der Waals surface area (Å²) in [6, 6.07) is 7.12. The quantitative estimate of drug-likeness (QED) is 0.502. The minimum absolute atomic E-state index is 0.0575. The Hall–Kier alpha value is -2.14. The van der Waals surface area contributed by atoms with Crippen molar-refractivity contribution in [3.8, 4) is 0 Å². The standard InChI is InChI=1S/C24H32ClN5O3S2/c1-17(31)27-18-8-10-21(11-9-18)35(2,33)29-14-12-20(13-15-29)30(19-6-4-3-5-7-19)24(32)28-23-26-16-22(25)34-23/h8-11,16,19-20H,2-7,12-15H2,1H3,(H,27,31)(H,26,28,32). The van der Waals surface area contributed by atoms with Gasteiger partial charge in [-0.2, -0.15) is 0 Å². The van der Waals surface area contributed by atoms with Crippen molar-refractivity contribution in [2.45, 2.75) is 68.8 Å². The van der Waals surface area contributed by atoms with Gasteiger partial charge >= 0.3 is 6.03 Å². The molecule has 4 rings (SSSR count). The molecule has 1 atom stereocenters. The largest absolute Gasteiger partial charge is 0.326 e. The zero-order chi connectivity index (χ0) is 25.0. The lowest BCUT2D eigenvalue weighted by molar-refractivity contribution is -0.114. The molecular weight excluding hydrogens is 506 g/mol. The number of urea groups is 1. The molecule has 0 spiro atoms. The van der Waals surface area contributed by atoms with Gasteiger partial charge in [-0.1, -0.05) is 42.2 Å². The van der Waals surface area contributed by atoms with Crippen LogP contribution < -0.4 is 10.6 Å². The van der Waals surface area contributed by atoms with Crippen molar-refractivity contribution in [3.05, 3.63) is 34.8 Å². The van der Waals surface area contributed by atoms with E-state index in [0.717, 1.165) is 38.5 Å². The lowest BCUT2D eigenvalue weighted by atomic mass is 9.91. The minimum atomic E-state index is -2.67. The molecular formula is C24H32ClN5O3S2. The predicted octanol–water partition coefficient (Wildman–Crippen LogP) is 5.08. The average molecular weight is 538 g/mol. The van der Waals surface area contributed by atoms with Crippen molar-refractivity contribution < 1.29 is 13.8 Å². The third-order valence-electron chi connectivity index (χ3n) is 6.67. The van der Waals surface area contributed by atoms with Gasteiger partial charge in [0.2, 0.25) is 5.91 Å². The van der Waals surface area contributed by atoms with Crippen LogP contribution >= 0.6 is 22.9 Å². The van der Waals surface area contributed by atoms with Gasteiger partial charge in [0, 0.05) is 42.7 Å². The molecule has 2 aromatic rings. The second-order valence-corrected chi connectivity index (χ2v) is 13.0. The molecule has 2 N–H and O–H groups in total. The zero-order valence-corrected chi connectivity index (χ0v) is 22.3. The SMILES string of the molecule is C=S(=O)(c1ccc(NC(C)=O)cc1)N1CCC(N(C(=O)Nc2ncc(Cl)s2)C2CCCCC2)CC1. The van der Waals surface area contributed by atoms with Crippen molar-refractivity contribution in [2.24, 2.45) is 0 Å². The molecule has 2 aliphatic rings. The van der Waals surface area contributed by atoms with Gasteiger partial charge in [0.1, 0.15) is 4.34 Å². The number of carbonyl (C=O) groups excluding carboxylic acids is 2. The zero-order valence-electron chi connectivity index (χ0n) is 19.9. The fourth-order valence-electron chi connectivity index (χ4n) is 4.98. The highest BCUT2D eigenvalue weighted by Crippen LogP contribution is 2.31. The molecule has 1 aliphatic carbocycles. The van der Waals surface area contributed by atoms with Crippen molar-refractivity contribution in [3.63, 3.8) is 0 Å². The van der Waals surface area contributed by atoms with Crippen molar-refractivity contribution >= 4 is 61.3 Å². The summed E-state index contributed by atoms with van der Waals surface area (Å²) in [7, 11) is -2.67. The number of amides is 3. The van der Waals surface area contributed by atoms with Crippen molar-refractivity contribution in [1.29, 1.82) is 0 Å². The average Bonchev–Trinajstić information content (AvgIpc) is 3.24. The van der Waals surface area contributed by atoms with E-state index in [1.807, 2.05) is 9.21 Å². The predicted molar refractivity (Wildman–Crippen MR) is 144 cm³/mol. The van der Waals surface area contributed by atoms with E-state index < -0.39 is 9.71 Å². The van der Waals surface area contributed by atoms with E-state index in [1.54, 1.807) is 30.5 Å². The van der Waals surface area contributed by atoms with E-state index in [-0.39, 0.29) is 24.0 Å². The normalized spacial score (nSPS) is 19.6. The smallest absolute Gasteiger partial charge is 0.324 e. The Balaban J connectivity index is 1.44. The number of nitrogens with zero attached hydrogens (tertiary/aromatic N) is 3. The van der Waals surface area contributed by atoms with E-state index in [0.29, 0.717) is 33.1 Å². The first kappa shape index (κ1) is 25.9. The first-order valence-corrected chi connectivity index (χ1v) is 14.8. The number of anilines is 2. The third kappa shape index (κ3) is 6.35. The number of piperidine rings is 1. The molecule has 0 radical (unpaired) electrons. The van der Waals surface area contributed by atoms with E-state index in [4.69, 9.17) is 11.6 Å². The van der Waals surface area contributed by atoms with Gasteiger partial charge < -0.3 is 10.2 Å². The Bertz CT molecular complexity index is 1140. The van der Waals surface area contributed by atoms with E-state index in [2.05, 4.69) is 21.5 Å². The number of halogens is 1. The Labute approximate surface area is 216 Å². The first-order valence-electron chi connectivity index (χ1n) is 11.9. The topological polar surface area (TPSA) is 94.6 Å². The van der Waals surface area contributed by atoms with Gasteiger partial charge in [-0.05, 0) is 55.8 Å². The van der Waals surface area contributed by atoms with Crippen LogP contribution in [0, 0.1) is 0 Å². The molecule has 11 heteroatoms. The van der Waals surface area contributed by atoms with Crippen LogP contribution in [0.5, 0.6) is 0 Å². The minimum Gasteiger partial charge on any atom is -0.326 e. The summed E-state index contributed by atoms with van der Waals surface area (Å²) in [6.07, 6.45) is 8.43. The molecule has 190 valence electrons. The molecule has 8 nitrogen and oxygen atoms in total. The number of benzene rings is 1. The van der Waals surface area contributed by atoms with Crippen LogP contribution in [0.3, 0.4) is 0 Å². The van der Waals surface area contributed by atoms with Crippen LogP contribution in [0.25, 0.3) is 0 Å². The maximum absolute atomic E-state index is 13.6. The molecule has 1 aromatic carbocycles. The van der Waals surface area contributed by atoms with E-state index in [9.17, 15) is 13.8 Å². The molecule has 3 amide bonds. The van der Waals surface area contributed by atoms with Crippen LogP contribution in [0.2, 0.25) is 4.34 Å². The Kier molecular flexibility index (Phi) is 8.36. The maximum atomic E-state index is 13.6. The maximum Gasteiger partial charge on any atom is 0.324 e. The second kappa shape index (κ2) is 11.3. The fraction of sp³-hybridized carbons (Fsp3) is 0.500. The lowest BCUT2D eigenvalue weighted by Gasteiger charge is -2.43. The van der Waals surface area contributed by atoms with E-state index >= 15 is 0 Å². The number of carbonyl (C=O) groups is 2. The van der Waals surface area contributed by atoms with Gasteiger partial charge in [0.25, 0.3) is 0 Å². The van der Waals surface area contributed by atoms with Crippen LogP contribution in [-0.4, -0.2) is 61.4 Å². The summed E-state index contributed by atoms with van der Waals surface area (Å²) in [5.41, 5.74) is 0.658. The summed E-state index contributed by atoms with van der Waals surface area (Å²) in [5.74, 6) is 3.91. The number of hydrogen-bond donors (Lipinski definition) is 2.